The molecule has 1 rings (SSSR count). The fraction of sp³-hybridized carbons (Fsp3) is 0.818. The van der Waals surface area contributed by atoms with Crippen molar-refractivity contribution in [2.45, 2.75) is 58.9 Å². The number of nitrogens with zero attached hydrogens (tertiary/aromatic N) is 3. The largest absolute Gasteiger partial charge is 0.239 e. The van der Waals surface area contributed by atoms with Crippen LogP contribution in [0, 0.1) is 3.70 Å². The van der Waals surface area contributed by atoms with Crippen LogP contribution in [0.2, 0.25) is 0 Å². The van der Waals surface area contributed by atoms with Gasteiger partial charge in [0.05, 0.1) is 5.69 Å². The van der Waals surface area contributed by atoms with Crippen molar-refractivity contribution in [1.29, 1.82) is 0 Å². The molecule has 0 fully saturated rings. The van der Waals surface area contributed by atoms with E-state index in [1.54, 1.807) is 0 Å². The Morgan fingerprint density at radius 1 is 1.27 bits per heavy atom. The van der Waals surface area contributed by atoms with Gasteiger partial charge in [-0.05, 0) is 29.0 Å². The highest BCUT2D eigenvalue weighted by Crippen LogP contribution is 2.18. The van der Waals surface area contributed by atoms with Crippen LogP contribution < -0.4 is 0 Å². The van der Waals surface area contributed by atoms with E-state index in [1.807, 2.05) is 4.68 Å². The zero-order chi connectivity index (χ0) is 11.3. The second kappa shape index (κ2) is 6.45. The maximum Gasteiger partial charge on any atom is 0.123 e. The molecular formula is C11H20IN3. The van der Waals surface area contributed by atoms with E-state index in [0.29, 0.717) is 5.92 Å². The first kappa shape index (κ1) is 12.9. The summed E-state index contributed by atoms with van der Waals surface area (Å²) < 4.78 is 3.24. The van der Waals surface area contributed by atoms with Gasteiger partial charge < -0.3 is 0 Å². The third-order valence-corrected chi connectivity index (χ3v) is 3.58. The minimum Gasteiger partial charge on any atom is -0.239 e. The first-order valence-electron chi connectivity index (χ1n) is 5.75. The van der Waals surface area contributed by atoms with E-state index in [1.165, 1.54) is 29.4 Å². The van der Waals surface area contributed by atoms with Crippen LogP contribution in [0.5, 0.6) is 0 Å². The first-order chi connectivity index (χ1) is 7.16. The van der Waals surface area contributed by atoms with Crippen LogP contribution in [0.25, 0.3) is 0 Å². The van der Waals surface area contributed by atoms with Gasteiger partial charge in [0.25, 0.3) is 0 Å². The van der Waals surface area contributed by atoms with Gasteiger partial charge >= 0.3 is 0 Å². The number of aromatic nitrogens is 3. The average molecular weight is 321 g/mol. The van der Waals surface area contributed by atoms with E-state index >= 15 is 0 Å². The van der Waals surface area contributed by atoms with Gasteiger partial charge in [-0.25, -0.2) is 4.68 Å². The Balaban J connectivity index is 2.48. The summed E-state index contributed by atoms with van der Waals surface area (Å²) in [5, 5.41) is 8.41. The highest BCUT2D eigenvalue weighted by Gasteiger charge is 2.12. The highest BCUT2D eigenvalue weighted by molar-refractivity contribution is 14.1. The van der Waals surface area contributed by atoms with Crippen molar-refractivity contribution in [3.63, 3.8) is 0 Å². The van der Waals surface area contributed by atoms with E-state index in [9.17, 15) is 0 Å². The lowest BCUT2D eigenvalue weighted by Crippen LogP contribution is -2.03. The van der Waals surface area contributed by atoms with Gasteiger partial charge in [0, 0.05) is 12.5 Å². The Kier molecular flexibility index (Phi) is 5.56. The Morgan fingerprint density at radius 3 is 2.53 bits per heavy atom. The van der Waals surface area contributed by atoms with Gasteiger partial charge in [0.1, 0.15) is 3.70 Å². The molecule has 1 aromatic rings. The second-order valence-corrected chi connectivity index (χ2v) is 5.23. The van der Waals surface area contributed by atoms with Crippen molar-refractivity contribution in [3.05, 3.63) is 9.39 Å². The molecule has 1 heterocycles. The summed E-state index contributed by atoms with van der Waals surface area (Å²) in [5.41, 5.74) is 1.13. The summed E-state index contributed by atoms with van der Waals surface area (Å²) in [6.07, 6.45) is 5.11. The number of aryl methyl sites for hydroxylation is 1. The molecule has 4 heteroatoms. The highest BCUT2D eigenvalue weighted by atomic mass is 127. The molecule has 0 saturated heterocycles. The molecule has 15 heavy (non-hydrogen) atoms. The Bertz CT molecular complexity index is 294. The molecule has 0 N–H and O–H groups in total. The lowest BCUT2D eigenvalue weighted by Gasteiger charge is -2.03. The molecule has 0 atom stereocenters. The molecule has 1 aromatic heterocycles. The van der Waals surface area contributed by atoms with Crippen molar-refractivity contribution >= 4 is 22.6 Å². The standard InChI is InChI=1S/C11H20IN3/c1-4-5-6-7-8-15-11(12)10(9(2)3)13-14-15/h9H,4-8H2,1-3H3. The topological polar surface area (TPSA) is 30.7 Å². The summed E-state index contributed by atoms with van der Waals surface area (Å²) in [6, 6.07) is 0. The molecule has 0 aliphatic rings. The summed E-state index contributed by atoms with van der Waals surface area (Å²) >= 11 is 2.35. The maximum atomic E-state index is 4.22. The van der Waals surface area contributed by atoms with Crippen LogP contribution in [0.15, 0.2) is 0 Å². The third kappa shape index (κ3) is 3.74. The minimum atomic E-state index is 0.473. The van der Waals surface area contributed by atoms with E-state index < -0.39 is 0 Å². The van der Waals surface area contributed by atoms with E-state index in [2.05, 4.69) is 53.7 Å². The number of halogens is 1. The molecule has 3 nitrogen and oxygen atoms in total. The Morgan fingerprint density at radius 2 is 2.00 bits per heavy atom. The number of rotatable bonds is 6. The molecule has 0 saturated carbocycles. The zero-order valence-electron chi connectivity index (χ0n) is 9.83. The fourth-order valence-corrected chi connectivity index (χ4v) is 2.57. The molecule has 0 bridgehead atoms. The molecule has 0 spiro atoms. The van der Waals surface area contributed by atoms with Crippen molar-refractivity contribution in [1.82, 2.24) is 15.0 Å². The molecule has 0 aliphatic carbocycles. The smallest absolute Gasteiger partial charge is 0.123 e. The van der Waals surface area contributed by atoms with E-state index in [0.717, 1.165) is 12.2 Å². The predicted octanol–water partition coefficient (Wildman–Crippen LogP) is 3.59. The number of hydrogen-bond donors (Lipinski definition) is 0. The predicted molar refractivity (Wildman–Crippen MR) is 71.0 cm³/mol. The van der Waals surface area contributed by atoms with Crippen LogP contribution in [0.1, 0.15) is 58.1 Å². The van der Waals surface area contributed by atoms with Gasteiger partial charge in [-0.1, -0.05) is 45.2 Å². The van der Waals surface area contributed by atoms with Gasteiger partial charge in [0.2, 0.25) is 0 Å². The van der Waals surface area contributed by atoms with Gasteiger partial charge in [-0.15, -0.1) is 5.10 Å². The lowest BCUT2D eigenvalue weighted by atomic mass is 10.1. The van der Waals surface area contributed by atoms with Crippen molar-refractivity contribution < 1.29 is 0 Å². The van der Waals surface area contributed by atoms with Crippen LogP contribution in [0.4, 0.5) is 0 Å². The van der Waals surface area contributed by atoms with Gasteiger partial charge in [-0.3, -0.25) is 0 Å². The number of hydrogen-bond acceptors (Lipinski definition) is 2. The average Bonchev–Trinajstić information content (AvgIpc) is 2.55. The number of unbranched alkanes of at least 4 members (excludes halogenated alkanes) is 3. The van der Waals surface area contributed by atoms with Crippen LogP contribution in [0.3, 0.4) is 0 Å². The lowest BCUT2D eigenvalue weighted by molar-refractivity contribution is 0.520. The summed E-state index contributed by atoms with van der Waals surface area (Å²) in [6.45, 7) is 7.56. The SMILES string of the molecule is CCCCCCn1nnc(C(C)C)c1I. The fourth-order valence-electron chi connectivity index (χ4n) is 1.50. The monoisotopic (exact) mass is 321 g/mol. The maximum absolute atomic E-state index is 4.22. The molecule has 0 aliphatic heterocycles. The van der Waals surface area contributed by atoms with Crippen molar-refractivity contribution in [3.8, 4) is 0 Å². The molecule has 0 radical (unpaired) electrons. The molecule has 86 valence electrons. The zero-order valence-corrected chi connectivity index (χ0v) is 12.0. The van der Waals surface area contributed by atoms with Crippen molar-refractivity contribution in [2.75, 3.05) is 0 Å². The second-order valence-electron chi connectivity index (χ2n) is 4.20. The Labute approximate surface area is 106 Å². The van der Waals surface area contributed by atoms with Gasteiger partial charge in [-0.2, -0.15) is 0 Å². The summed E-state index contributed by atoms with van der Waals surface area (Å²) in [5.74, 6) is 0.473. The van der Waals surface area contributed by atoms with Crippen molar-refractivity contribution in [2.24, 2.45) is 0 Å². The quantitative estimate of drug-likeness (QED) is 0.592. The summed E-state index contributed by atoms with van der Waals surface area (Å²) in [4.78, 5) is 0. The Hall–Kier alpha value is -0.130. The van der Waals surface area contributed by atoms with Crippen LogP contribution in [-0.2, 0) is 6.54 Å². The normalized spacial score (nSPS) is 11.3. The van der Waals surface area contributed by atoms with Crippen LogP contribution in [-0.4, -0.2) is 15.0 Å². The first-order valence-corrected chi connectivity index (χ1v) is 6.83. The van der Waals surface area contributed by atoms with Crippen LogP contribution >= 0.6 is 22.6 Å². The van der Waals surface area contributed by atoms with Gasteiger partial charge in [0.15, 0.2) is 0 Å². The molecule has 0 amide bonds. The minimum absolute atomic E-state index is 0.473. The third-order valence-electron chi connectivity index (χ3n) is 2.47. The van der Waals surface area contributed by atoms with E-state index in [4.69, 9.17) is 0 Å². The van der Waals surface area contributed by atoms with E-state index in [-0.39, 0.29) is 0 Å². The molecule has 0 aromatic carbocycles. The summed E-state index contributed by atoms with van der Waals surface area (Å²) in [7, 11) is 0. The molecule has 0 unspecified atom stereocenters. The molecular weight excluding hydrogens is 301 g/mol.